The minimum atomic E-state index is 0.839. The summed E-state index contributed by atoms with van der Waals surface area (Å²) in [6.07, 6.45) is 0. The van der Waals surface area contributed by atoms with E-state index in [1.807, 2.05) is 31.2 Å². The Labute approximate surface area is 74.2 Å². The molecule has 0 saturated carbocycles. The van der Waals surface area contributed by atoms with Crippen LogP contribution in [0.1, 0.15) is 12.5 Å². The fraction of sp³-hybridized carbons (Fsp3) is 0.125. The van der Waals surface area contributed by atoms with Crippen molar-refractivity contribution in [3.63, 3.8) is 0 Å². The molecule has 0 bridgehead atoms. The van der Waals surface area contributed by atoms with E-state index >= 15 is 0 Å². The molecule has 3 heteroatoms. The lowest BCUT2D eigenvalue weighted by atomic mass is 10.1. The summed E-state index contributed by atoms with van der Waals surface area (Å²) in [6.45, 7) is 1.88. The molecule has 0 aliphatic carbocycles. The molecule has 11 heavy (non-hydrogen) atoms. The Bertz CT molecular complexity index is 281. The molecule has 1 aromatic carbocycles. The maximum atomic E-state index is 5.13. The number of hydrogen-bond acceptors (Lipinski definition) is 2. The third kappa shape index (κ3) is 2.05. The largest absolute Gasteiger partial charge is 0.323 e. The van der Waals surface area contributed by atoms with Gasteiger partial charge in [-0.15, -0.1) is 0 Å². The molecule has 0 fully saturated rings. The molecule has 0 saturated heterocycles. The van der Waals surface area contributed by atoms with Crippen LogP contribution in [0.25, 0.3) is 0 Å². The minimum absolute atomic E-state index is 0.839. The molecule has 0 atom stereocenters. The standard InChI is InChI=1S/C8H9BrN2/c1-6(11-10)7-3-2-4-8(9)5-7/h2-5H,10H2,1H3/b11-6-. The molecule has 0 heterocycles. The smallest absolute Gasteiger partial charge is 0.0642 e. The van der Waals surface area contributed by atoms with Crippen LogP contribution in [0.4, 0.5) is 0 Å². The van der Waals surface area contributed by atoms with E-state index in [2.05, 4.69) is 21.0 Å². The molecule has 58 valence electrons. The van der Waals surface area contributed by atoms with Crippen LogP contribution < -0.4 is 5.84 Å². The first-order valence-electron chi connectivity index (χ1n) is 3.24. The molecule has 1 aromatic rings. The zero-order chi connectivity index (χ0) is 8.27. The SMILES string of the molecule is C/C(=N/N)c1cccc(Br)c1. The van der Waals surface area contributed by atoms with Crippen molar-refractivity contribution in [3.05, 3.63) is 34.3 Å². The van der Waals surface area contributed by atoms with Crippen LogP contribution >= 0.6 is 15.9 Å². The van der Waals surface area contributed by atoms with Crippen LogP contribution in [-0.4, -0.2) is 5.71 Å². The molecular weight excluding hydrogens is 204 g/mol. The van der Waals surface area contributed by atoms with E-state index in [1.165, 1.54) is 0 Å². The molecule has 2 N–H and O–H groups in total. The van der Waals surface area contributed by atoms with Gasteiger partial charge < -0.3 is 5.84 Å². The number of rotatable bonds is 1. The van der Waals surface area contributed by atoms with E-state index in [4.69, 9.17) is 5.84 Å². The third-order valence-corrected chi connectivity index (χ3v) is 1.93. The Balaban J connectivity index is 3.06. The number of hydrogen-bond donors (Lipinski definition) is 1. The second kappa shape index (κ2) is 3.53. The molecule has 0 amide bonds. The summed E-state index contributed by atoms with van der Waals surface area (Å²) < 4.78 is 1.04. The van der Waals surface area contributed by atoms with Gasteiger partial charge in [-0.3, -0.25) is 0 Å². The maximum Gasteiger partial charge on any atom is 0.0642 e. The summed E-state index contributed by atoms with van der Waals surface area (Å²) in [6, 6.07) is 7.86. The quantitative estimate of drug-likeness (QED) is 0.433. The number of hydrazone groups is 1. The number of benzene rings is 1. The summed E-state index contributed by atoms with van der Waals surface area (Å²) in [7, 11) is 0. The van der Waals surface area contributed by atoms with Gasteiger partial charge in [-0.2, -0.15) is 5.10 Å². The fourth-order valence-corrected chi connectivity index (χ4v) is 1.19. The zero-order valence-corrected chi connectivity index (χ0v) is 7.80. The zero-order valence-electron chi connectivity index (χ0n) is 6.21. The molecular formula is C8H9BrN2. The van der Waals surface area contributed by atoms with E-state index in [1.54, 1.807) is 0 Å². The van der Waals surface area contributed by atoms with Crippen molar-refractivity contribution in [1.29, 1.82) is 0 Å². The minimum Gasteiger partial charge on any atom is -0.323 e. The molecule has 0 radical (unpaired) electrons. The fourth-order valence-electron chi connectivity index (χ4n) is 0.788. The first kappa shape index (κ1) is 8.27. The number of nitrogens with zero attached hydrogens (tertiary/aromatic N) is 1. The van der Waals surface area contributed by atoms with Gasteiger partial charge in [-0.25, -0.2) is 0 Å². The summed E-state index contributed by atoms with van der Waals surface area (Å²) in [5, 5.41) is 3.60. The van der Waals surface area contributed by atoms with Crippen LogP contribution in [-0.2, 0) is 0 Å². The van der Waals surface area contributed by atoms with E-state index in [0.717, 1.165) is 15.7 Å². The summed E-state index contributed by atoms with van der Waals surface area (Å²) >= 11 is 3.36. The van der Waals surface area contributed by atoms with Crippen molar-refractivity contribution in [3.8, 4) is 0 Å². The molecule has 0 spiro atoms. The third-order valence-electron chi connectivity index (χ3n) is 1.44. The van der Waals surface area contributed by atoms with Gasteiger partial charge in [0.2, 0.25) is 0 Å². The maximum absolute atomic E-state index is 5.13. The van der Waals surface area contributed by atoms with Gasteiger partial charge in [0, 0.05) is 4.47 Å². The lowest BCUT2D eigenvalue weighted by molar-refractivity contribution is 1.24. The van der Waals surface area contributed by atoms with E-state index in [9.17, 15) is 0 Å². The molecule has 0 aliphatic heterocycles. The van der Waals surface area contributed by atoms with Crippen LogP contribution in [0.5, 0.6) is 0 Å². The molecule has 0 unspecified atom stereocenters. The molecule has 2 nitrogen and oxygen atoms in total. The first-order valence-corrected chi connectivity index (χ1v) is 4.04. The van der Waals surface area contributed by atoms with E-state index in [-0.39, 0.29) is 0 Å². The van der Waals surface area contributed by atoms with E-state index < -0.39 is 0 Å². The Morgan fingerprint density at radius 1 is 1.55 bits per heavy atom. The second-order valence-electron chi connectivity index (χ2n) is 2.22. The Hall–Kier alpha value is -0.830. The average molecular weight is 213 g/mol. The summed E-state index contributed by atoms with van der Waals surface area (Å²) in [5.41, 5.74) is 1.88. The van der Waals surface area contributed by atoms with Gasteiger partial charge in [0.15, 0.2) is 0 Å². The normalized spacial score (nSPS) is 11.6. The van der Waals surface area contributed by atoms with Gasteiger partial charge in [-0.05, 0) is 24.6 Å². The Morgan fingerprint density at radius 3 is 2.82 bits per heavy atom. The van der Waals surface area contributed by atoms with Crippen molar-refractivity contribution in [1.82, 2.24) is 0 Å². The summed E-state index contributed by atoms with van der Waals surface area (Å²) in [5.74, 6) is 5.13. The lowest BCUT2D eigenvalue weighted by Crippen LogP contribution is -1.97. The monoisotopic (exact) mass is 212 g/mol. The second-order valence-corrected chi connectivity index (χ2v) is 3.14. The predicted molar refractivity (Wildman–Crippen MR) is 50.5 cm³/mol. The summed E-state index contributed by atoms with van der Waals surface area (Å²) in [4.78, 5) is 0. The molecule has 1 rings (SSSR count). The van der Waals surface area contributed by atoms with Crippen molar-refractivity contribution in [2.24, 2.45) is 10.9 Å². The van der Waals surface area contributed by atoms with Crippen LogP contribution in [0.15, 0.2) is 33.8 Å². The van der Waals surface area contributed by atoms with Crippen molar-refractivity contribution >= 4 is 21.6 Å². The van der Waals surface area contributed by atoms with Gasteiger partial charge in [-0.1, -0.05) is 28.1 Å². The van der Waals surface area contributed by atoms with Gasteiger partial charge in [0.25, 0.3) is 0 Å². The van der Waals surface area contributed by atoms with Crippen molar-refractivity contribution in [2.45, 2.75) is 6.92 Å². The van der Waals surface area contributed by atoms with Gasteiger partial charge >= 0.3 is 0 Å². The Morgan fingerprint density at radius 2 is 2.27 bits per heavy atom. The predicted octanol–water partition coefficient (Wildman–Crippen LogP) is 2.13. The lowest BCUT2D eigenvalue weighted by Gasteiger charge is -1.98. The van der Waals surface area contributed by atoms with Crippen LogP contribution in [0.3, 0.4) is 0 Å². The highest BCUT2D eigenvalue weighted by atomic mass is 79.9. The van der Waals surface area contributed by atoms with Gasteiger partial charge in [0.05, 0.1) is 5.71 Å². The van der Waals surface area contributed by atoms with Crippen molar-refractivity contribution < 1.29 is 0 Å². The van der Waals surface area contributed by atoms with Crippen LogP contribution in [0.2, 0.25) is 0 Å². The highest BCUT2D eigenvalue weighted by molar-refractivity contribution is 9.10. The number of halogens is 1. The Kier molecular flexibility index (Phi) is 2.65. The van der Waals surface area contributed by atoms with E-state index in [0.29, 0.717) is 0 Å². The number of nitrogens with two attached hydrogens (primary N) is 1. The van der Waals surface area contributed by atoms with Crippen molar-refractivity contribution in [2.75, 3.05) is 0 Å². The molecule has 0 aliphatic rings. The molecule has 0 aromatic heterocycles. The van der Waals surface area contributed by atoms with Gasteiger partial charge in [0.1, 0.15) is 0 Å². The topological polar surface area (TPSA) is 38.4 Å². The van der Waals surface area contributed by atoms with Crippen LogP contribution in [0, 0.1) is 0 Å². The highest BCUT2D eigenvalue weighted by Gasteiger charge is 1.95. The first-order chi connectivity index (χ1) is 5.24. The average Bonchev–Trinajstić information content (AvgIpc) is 2.03. The highest BCUT2D eigenvalue weighted by Crippen LogP contribution is 2.11.